The molecule has 0 bridgehead atoms. The largest absolute Gasteiger partial charge is 0.493 e. The molecule has 5 nitrogen and oxygen atoms in total. The summed E-state index contributed by atoms with van der Waals surface area (Å²) in [6.07, 6.45) is 3.17. The first-order chi connectivity index (χ1) is 12.8. The van der Waals surface area contributed by atoms with E-state index in [1.165, 1.54) is 0 Å². The van der Waals surface area contributed by atoms with Crippen molar-refractivity contribution in [3.63, 3.8) is 0 Å². The highest BCUT2D eigenvalue weighted by Gasteiger charge is 2.41. The van der Waals surface area contributed by atoms with Crippen molar-refractivity contribution in [2.75, 3.05) is 20.8 Å². The summed E-state index contributed by atoms with van der Waals surface area (Å²) in [5.41, 5.74) is 1.60. The Bertz CT molecular complexity index is 701. The normalized spacial score (nSPS) is 17.9. The number of hydrogen-bond donors (Lipinski definition) is 0. The average Bonchev–Trinajstić information content (AvgIpc) is 2.59. The van der Waals surface area contributed by atoms with Gasteiger partial charge in [-0.05, 0) is 36.0 Å². The van der Waals surface area contributed by atoms with Crippen LogP contribution in [0.1, 0.15) is 52.0 Å². The fraction of sp³-hybridized carbons (Fsp3) is 0.591. The first-order valence-corrected chi connectivity index (χ1v) is 9.61. The summed E-state index contributed by atoms with van der Waals surface area (Å²) in [6, 6.07) is 5.80. The smallest absolute Gasteiger partial charge is 0.160 e. The monoisotopic (exact) mass is 373 g/mol. The van der Waals surface area contributed by atoms with Crippen molar-refractivity contribution in [1.29, 1.82) is 0 Å². The van der Waals surface area contributed by atoms with Crippen molar-refractivity contribution >= 4 is 17.3 Å². The van der Waals surface area contributed by atoms with Gasteiger partial charge < -0.3 is 9.47 Å². The fourth-order valence-corrected chi connectivity index (χ4v) is 3.70. The number of carbonyl (C=O) groups excluding carboxylic acids is 2. The van der Waals surface area contributed by atoms with Gasteiger partial charge in [0.2, 0.25) is 0 Å². The van der Waals surface area contributed by atoms with Gasteiger partial charge in [0.05, 0.1) is 14.2 Å². The molecule has 0 unspecified atom stereocenters. The summed E-state index contributed by atoms with van der Waals surface area (Å²) in [5, 5.41) is 0. The summed E-state index contributed by atoms with van der Waals surface area (Å²) >= 11 is 0. The van der Waals surface area contributed by atoms with Gasteiger partial charge in [-0.1, -0.05) is 33.3 Å². The Morgan fingerprint density at radius 2 is 1.74 bits per heavy atom. The highest BCUT2D eigenvalue weighted by atomic mass is 16.5. The number of aliphatic imine (C=N–C) groups is 1. The Morgan fingerprint density at radius 3 is 2.30 bits per heavy atom. The van der Waals surface area contributed by atoms with Crippen LogP contribution in [0.25, 0.3) is 0 Å². The van der Waals surface area contributed by atoms with Crippen LogP contribution in [0.3, 0.4) is 0 Å². The summed E-state index contributed by atoms with van der Waals surface area (Å²) in [6.45, 7) is 6.55. The molecule has 27 heavy (non-hydrogen) atoms. The SMILES string of the molecule is CCCC(=NCCc1ccc(OC)c(OC)c1)C1C(=O)CC(C)(C)CC1=O. The fourth-order valence-electron chi connectivity index (χ4n) is 3.70. The molecule has 148 valence electrons. The lowest BCUT2D eigenvalue weighted by atomic mass is 9.70. The van der Waals surface area contributed by atoms with Crippen molar-refractivity contribution in [3.8, 4) is 11.5 Å². The average molecular weight is 373 g/mol. The van der Waals surface area contributed by atoms with Gasteiger partial charge in [-0.2, -0.15) is 0 Å². The number of Topliss-reactive ketones (excluding diaryl/α,β-unsaturated/α-hetero) is 2. The Morgan fingerprint density at radius 1 is 1.11 bits per heavy atom. The third kappa shape index (κ3) is 5.41. The second-order valence-electron chi connectivity index (χ2n) is 7.95. The van der Waals surface area contributed by atoms with Crippen LogP contribution in [0.5, 0.6) is 11.5 Å². The standard InChI is InChI=1S/C22H31NO4/c1-6-7-16(21-17(24)13-22(2,3)14-18(21)25)23-11-10-15-8-9-19(26-4)20(12-15)27-5/h8-9,12,21H,6-7,10-11,13-14H2,1-5H3. The zero-order valence-corrected chi connectivity index (χ0v) is 17.1. The number of carbonyl (C=O) groups is 2. The van der Waals surface area contributed by atoms with Gasteiger partial charge in [0.15, 0.2) is 11.5 Å². The van der Waals surface area contributed by atoms with E-state index >= 15 is 0 Å². The van der Waals surface area contributed by atoms with Gasteiger partial charge in [0.1, 0.15) is 17.5 Å². The molecule has 0 aromatic heterocycles. The van der Waals surface area contributed by atoms with Crippen molar-refractivity contribution in [2.24, 2.45) is 16.3 Å². The van der Waals surface area contributed by atoms with E-state index in [0.717, 1.165) is 17.7 Å². The Kier molecular flexibility index (Phi) is 7.17. The molecule has 1 aromatic carbocycles. The number of benzene rings is 1. The minimum absolute atomic E-state index is 0.0227. The first kappa shape index (κ1) is 21.1. The van der Waals surface area contributed by atoms with E-state index in [0.29, 0.717) is 43.7 Å². The lowest BCUT2D eigenvalue weighted by Crippen LogP contribution is -2.42. The number of hydrogen-bond acceptors (Lipinski definition) is 5. The number of nitrogens with zero attached hydrogens (tertiary/aromatic N) is 1. The zero-order valence-electron chi connectivity index (χ0n) is 17.1. The van der Waals surface area contributed by atoms with Crippen LogP contribution < -0.4 is 9.47 Å². The quantitative estimate of drug-likeness (QED) is 0.509. The predicted molar refractivity (Wildman–Crippen MR) is 107 cm³/mol. The van der Waals surface area contributed by atoms with Gasteiger partial charge in [-0.25, -0.2) is 0 Å². The van der Waals surface area contributed by atoms with E-state index in [1.807, 2.05) is 39.0 Å². The molecule has 0 amide bonds. The molecule has 0 N–H and O–H groups in total. The third-order valence-corrected chi connectivity index (χ3v) is 4.95. The first-order valence-electron chi connectivity index (χ1n) is 9.61. The van der Waals surface area contributed by atoms with E-state index in [9.17, 15) is 9.59 Å². The maximum atomic E-state index is 12.6. The molecule has 1 aliphatic rings. The molecular formula is C22H31NO4. The van der Waals surface area contributed by atoms with Crippen LogP contribution in [0.4, 0.5) is 0 Å². The second kappa shape index (κ2) is 9.16. The van der Waals surface area contributed by atoms with Crippen LogP contribution in [-0.2, 0) is 16.0 Å². The molecular weight excluding hydrogens is 342 g/mol. The minimum atomic E-state index is -0.636. The lowest BCUT2D eigenvalue weighted by molar-refractivity contribution is -0.136. The van der Waals surface area contributed by atoms with E-state index in [-0.39, 0.29) is 17.0 Å². The van der Waals surface area contributed by atoms with Gasteiger partial charge >= 0.3 is 0 Å². The molecule has 1 saturated carbocycles. The van der Waals surface area contributed by atoms with Gasteiger partial charge in [-0.3, -0.25) is 14.6 Å². The molecule has 1 fully saturated rings. The maximum absolute atomic E-state index is 12.6. The van der Waals surface area contributed by atoms with Crippen molar-refractivity contribution in [3.05, 3.63) is 23.8 Å². The van der Waals surface area contributed by atoms with E-state index in [2.05, 4.69) is 4.99 Å². The summed E-state index contributed by atoms with van der Waals surface area (Å²) in [4.78, 5) is 29.9. The zero-order chi connectivity index (χ0) is 20.0. The second-order valence-corrected chi connectivity index (χ2v) is 7.95. The molecule has 1 aliphatic carbocycles. The number of methoxy groups -OCH3 is 2. The number of ether oxygens (including phenoxy) is 2. The molecule has 1 aromatic rings. The van der Waals surface area contributed by atoms with Crippen molar-refractivity contribution in [2.45, 2.75) is 52.9 Å². The molecule has 0 spiro atoms. The summed E-state index contributed by atoms with van der Waals surface area (Å²) in [5.74, 6) is 0.789. The van der Waals surface area contributed by atoms with Crippen LogP contribution >= 0.6 is 0 Å². The Balaban J connectivity index is 2.12. The summed E-state index contributed by atoms with van der Waals surface area (Å²) in [7, 11) is 3.22. The van der Waals surface area contributed by atoms with Gasteiger partial charge in [-0.15, -0.1) is 0 Å². The third-order valence-electron chi connectivity index (χ3n) is 4.95. The Labute approximate surface area is 162 Å². The highest BCUT2D eigenvalue weighted by Crippen LogP contribution is 2.35. The summed E-state index contributed by atoms with van der Waals surface area (Å²) < 4.78 is 10.6. The van der Waals surface area contributed by atoms with E-state index < -0.39 is 5.92 Å². The molecule has 0 radical (unpaired) electrons. The number of rotatable bonds is 8. The topological polar surface area (TPSA) is 65.0 Å². The van der Waals surface area contributed by atoms with Crippen molar-refractivity contribution < 1.29 is 19.1 Å². The molecule has 0 atom stereocenters. The molecule has 2 rings (SSSR count). The molecule has 5 heteroatoms. The number of ketones is 2. The van der Waals surface area contributed by atoms with Gasteiger partial charge in [0, 0.05) is 25.1 Å². The predicted octanol–water partition coefficient (Wildman–Crippen LogP) is 4.06. The molecule has 0 aliphatic heterocycles. The van der Waals surface area contributed by atoms with Crippen LogP contribution in [-0.4, -0.2) is 38.0 Å². The van der Waals surface area contributed by atoms with Crippen LogP contribution in [0.15, 0.2) is 23.2 Å². The highest BCUT2D eigenvalue weighted by molar-refractivity contribution is 6.22. The minimum Gasteiger partial charge on any atom is -0.493 e. The van der Waals surface area contributed by atoms with Crippen molar-refractivity contribution in [1.82, 2.24) is 0 Å². The van der Waals surface area contributed by atoms with E-state index in [1.54, 1.807) is 14.2 Å². The molecule has 0 heterocycles. The maximum Gasteiger partial charge on any atom is 0.160 e. The Hall–Kier alpha value is -2.17. The van der Waals surface area contributed by atoms with Crippen LogP contribution in [0.2, 0.25) is 0 Å². The lowest BCUT2D eigenvalue weighted by Gasteiger charge is -2.32. The van der Waals surface area contributed by atoms with Gasteiger partial charge in [0.25, 0.3) is 0 Å². The molecule has 0 saturated heterocycles. The van der Waals surface area contributed by atoms with E-state index in [4.69, 9.17) is 9.47 Å². The van der Waals surface area contributed by atoms with Crippen LogP contribution in [0, 0.1) is 11.3 Å².